The number of benzene rings is 1. The van der Waals surface area contributed by atoms with Gasteiger partial charge in [0.05, 0.1) is 0 Å². The highest BCUT2D eigenvalue weighted by atomic mass is 19.1. The van der Waals surface area contributed by atoms with Crippen LogP contribution in [0.1, 0.15) is 37.7 Å². The number of rotatable bonds is 5. The summed E-state index contributed by atoms with van der Waals surface area (Å²) in [6.07, 6.45) is 5.32. The van der Waals surface area contributed by atoms with E-state index in [0.717, 1.165) is 37.7 Å². The van der Waals surface area contributed by atoms with Gasteiger partial charge in [-0.3, -0.25) is 4.79 Å². The third-order valence-corrected chi connectivity index (χ3v) is 4.82. The molecule has 0 unspecified atom stereocenters. The van der Waals surface area contributed by atoms with Crippen LogP contribution >= 0.6 is 0 Å². The molecule has 2 atom stereocenters. The highest BCUT2D eigenvalue weighted by Crippen LogP contribution is 2.36. The van der Waals surface area contributed by atoms with Crippen LogP contribution < -0.4 is 5.73 Å². The number of halogens is 1. The van der Waals surface area contributed by atoms with Crippen LogP contribution in [0.2, 0.25) is 0 Å². The fourth-order valence-corrected chi connectivity index (χ4v) is 3.42. The molecule has 21 heavy (non-hydrogen) atoms. The second-order valence-corrected chi connectivity index (χ2v) is 6.36. The Hall–Kier alpha value is -1.42. The molecular weight excluding hydrogens is 267 g/mol. The van der Waals surface area contributed by atoms with E-state index < -0.39 is 0 Å². The van der Waals surface area contributed by atoms with E-state index in [2.05, 4.69) is 0 Å². The van der Waals surface area contributed by atoms with Crippen LogP contribution in [0.5, 0.6) is 0 Å². The van der Waals surface area contributed by atoms with Crippen molar-refractivity contribution in [2.45, 2.75) is 44.7 Å². The Bertz CT molecular complexity index is 498. The van der Waals surface area contributed by atoms with Gasteiger partial charge in [-0.1, -0.05) is 18.6 Å². The number of carbonyl (C=O) groups is 1. The summed E-state index contributed by atoms with van der Waals surface area (Å²) in [7, 11) is 0. The predicted octanol–water partition coefficient (Wildman–Crippen LogP) is 2.69. The smallest absolute Gasteiger partial charge is 0.226 e. The molecule has 0 radical (unpaired) electrons. The summed E-state index contributed by atoms with van der Waals surface area (Å²) in [4.78, 5) is 14.9. The SMILES string of the molecule is NC[C@H]1CCC[C@H]1C(=O)N(Cc1ccc(F)cc1)C1CC1. The molecule has 0 heterocycles. The van der Waals surface area contributed by atoms with Gasteiger partial charge < -0.3 is 10.6 Å². The van der Waals surface area contributed by atoms with Crippen LogP contribution in [-0.2, 0) is 11.3 Å². The van der Waals surface area contributed by atoms with E-state index in [1.165, 1.54) is 12.1 Å². The number of nitrogens with zero attached hydrogens (tertiary/aromatic N) is 1. The molecule has 3 nitrogen and oxygen atoms in total. The van der Waals surface area contributed by atoms with E-state index in [-0.39, 0.29) is 17.6 Å². The summed E-state index contributed by atoms with van der Waals surface area (Å²) in [5.74, 6) is 0.458. The zero-order chi connectivity index (χ0) is 14.8. The van der Waals surface area contributed by atoms with Gasteiger partial charge in [0.25, 0.3) is 0 Å². The highest BCUT2D eigenvalue weighted by Gasteiger charge is 2.40. The molecule has 2 aliphatic rings. The van der Waals surface area contributed by atoms with Crippen molar-refractivity contribution >= 4 is 5.91 Å². The van der Waals surface area contributed by atoms with E-state index in [9.17, 15) is 9.18 Å². The van der Waals surface area contributed by atoms with E-state index in [1.807, 2.05) is 4.90 Å². The van der Waals surface area contributed by atoms with Gasteiger partial charge in [-0.2, -0.15) is 0 Å². The Morgan fingerprint density at radius 1 is 1.19 bits per heavy atom. The molecule has 1 amide bonds. The predicted molar refractivity (Wildman–Crippen MR) is 79.9 cm³/mol. The van der Waals surface area contributed by atoms with Gasteiger partial charge in [0, 0.05) is 18.5 Å². The zero-order valence-corrected chi connectivity index (χ0v) is 12.3. The van der Waals surface area contributed by atoms with E-state index in [0.29, 0.717) is 25.0 Å². The van der Waals surface area contributed by atoms with Crippen LogP contribution in [0.25, 0.3) is 0 Å². The van der Waals surface area contributed by atoms with E-state index in [1.54, 1.807) is 12.1 Å². The summed E-state index contributed by atoms with van der Waals surface area (Å²) < 4.78 is 13.0. The third kappa shape index (κ3) is 3.26. The molecule has 114 valence electrons. The van der Waals surface area contributed by atoms with Crippen LogP contribution in [0.3, 0.4) is 0 Å². The molecular formula is C17H23FN2O. The molecule has 0 bridgehead atoms. The maximum Gasteiger partial charge on any atom is 0.226 e. The lowest BCUT2D eigenvalue weighted by molar-refractivity contribution is -0.137. The van der Waals surface area contributed by atoms with Gasteiger partial charge in [0.15, 0.2) is 0 Å². The Morgan fingerprint density at radius 2 is 1.90 bits per heavy atom. The van der Waals surface area contributed by atoms with Crippen LogP contribution in [-0.4, -0.2) is 23.4 Å². The summed E-state index contributed by atoms with van der Waals surface area (Å²) in [5.41, 5.74) is 6.81. The van der Waals surface area contributed by atoms with Crippen molar-refractivity contribution in [3.63, 3.8) is 0 Å². The van der Waals surface area contributed by atoms with Gasteiger partial charge in [0.1, 0.15) is 5.82 Å². The fraction of sp³-hybridized carbons (Fsp3) is 0.588. The van der Waals surface area contributed by atoms with Crippen molar-refractivity contribution in [1.82, 2.24) is 4.90 Å². The van der Waals surface area contributed by atoms with E-state index >= 15 is 0 Å². The molecule has 0 saturated heterocycles. The normalized spacial score (nSPS) is 25.0. The number of hydrogen-bond donors (Lipinski definition) is 1. The molecule has 2 N–H and O–H groups in total. The fourth-order valence-electron chi connectivity index (χ4n) is 3.42. The molecule has 2 saturated carbocycles. The molecule has 0 aromatic heterocycles. The first-order chi connectivity index (χ1) is 10.2. The zero-order valence-electron chi connectivity index (χ0n) is 12.3. The van der Waals surface area contributed by atoms with Crippen LogP contribution in [0.15, 0.2) is 24.3 Å². The molecule has 1 aromatic carbocycles. The topological polar surface area (TPSA) is 46.3 Å². The quantitative estimate of drug-likeness (QED) is 0.906. The summed E-state index contributed by atoms with van der Waals surface area (Å²) in [6.45, 7) is 1.20. The Kier molecular flexibility index (Phi) is 4.24. The first-order valence-electron chi connectivity index (χ1n) is 7.94. The van der Waals surface area contributed by atoms with Crippen LogP contribution in [0, 0.1) is 17.7 Å². The molecule has 0 aliphatic heterocycles. The number of carbonyl (C=O) groups excluding carboxylic acids is 1. The van der Waals surface area contributed by atoms with Crippen molar-refractivity contribution in [2.75, 3.05) is 6.54 Å². The molecule has 2 aliphatic carbocycles. The Balaban J connectivity index is 1.72. The standard InChI is InChI=1S/C17H23FN2O/c18-14-6-4-12(5-7-14)11-20(15-8-9-15)17(21)16-3-1-2-13(16)10-19/h4-7,13,15-16H,1-3,8-11,19H2/t13-,16-/m1/s1. The maximum atomic E-state index is 13.0. The lowest BCUT2D eigenvalue weighted by atomic mass is 9.94. The average molecular weight is 290 g/mol. The van der Waals surface area contributed by atoms with Gasteiger partial charge in [-0.15, -0.1) is 0 Å². The first-order valence-corrected chi connectivity index (χ1v) is 7.94. The average Bonchev–Trinajstić information content (AvgIpc) is 3.22. The summed E-state index contributed by atoms with van der Waals surface area (Å²) in [5, 5.41) is 0. The minimum atomic E-state index is -0.234. The minimum Gasteiger partial charge on any atom is -0.335 e. The lowest BCUT2D eigenvalue weighted by Gasteiger charge is -2.28. The second kappa shape index (κ2) is 6.14. The third-order valence-electron chi connectivity index (χ3n) is 4.82. The lowest BCUT2D eigenvalue weighted by Crippen LogP contribution is -2.40. The summed E-state index contributed by atoms with van der Waals surface area (Å²) in [6, 6.07) is 6.84. The number of nitrogens with two attached hydrogens (primary N) is 1. The van der Waals surface area contributed by atoms with Gasteiger partial charge >= 0.3 is 0 Å². The van der Waals surface area contributed by atoms with Crippen molar-refractivity contribution in [3.05, 3.63) is 35.6 Å². The summed E-state index contributed by atoms with van der Waals surface area (Å²) >= 11 is 0. The number of hydrogen-bond acceptors (Lipinski definition) is 2. The van der Waals surface area contributed by atoms with Crippen molar-refractivity contribution < 1.29 is 9.18 Å². The molecule has 3 rings (SSSR count). The first kappa shape index (κ1) is 14.5. The van der Waals surface area contributed by atoms with E-state index in [4.69, 9.17) is 5.73 Å². The van der Waals surface area contributed by atoms with Crippen molar-refractivity contribution in [3.8, 4) is 0 Å². The van der Waals surface area contributed by atoms with Crippen molar-refractivity contribution in [1.29, 1.82) is 0 Å². The monoisotopic (exact) mass is 290 g/mol. The Labute approximate surface area is 125 Å². The Morgan fingerprint density at radius 3 is 2.52 bits per heavy atom. The van der Waals surface area contributed by atoms with Gasteiger partial charge in [-0.25, -0.2) is 4.39 Å². The maximum absolute atomic E-state index is 13.0. The number of amides is 1. The molecule has 2 fully saturated rings. The highest BCUT2D eigenvalue weighted by molar-refractivity contribution is 5.80. The van der Waals surface area contributed by atoms with Crippen LogP contribution in [0.4, 0.5) is 4.39 Å². The molecule has 1 aromatic rings. The van der Waals surface area contributed by atoms with Gasteiger partial charge in [0.2, 0.25) is 5.91 Å². The second-order valence-electron chi connectivity index (χ2n) is 6.36. The van der Waals surface area contributed by atoms with Gasteiger partial charge in [-0.05, 0) is 55.8 Å². The largest absolute Gasteiger partial charge is 0.335 e. The molecule has 0 spiro atoms. The molecule has 4 heteroatoms. The van der Waals surface area contributed by atoms with Crippen molar-refractivity contribution in [2.24, 2.45) is 17.6 Å². The minimum absolute atomic E-state index is 0.0936.